The molecule has 0 aliphatic heterocycles. The fraction of sp³-hybridized carbons (Fsp3) is 0. The molecule has 0 saturated carbocycles. The van der Waals surface area contributed by atoms with Gasteiger partial charge in [0.05, 0.1) is 0 Å². The van der Waals surface area contributed by atoms with Crippen molar-refractivity contribution >= 4 is 66.7 Å². The smallest absolute Gasteiger partial charge is 0.206 e. The van der Waals surface area contributed by atoms with E-state index in [1.165, 1.54) is 31.8 Å². The van der Waals surface area contributed by atoms with E-state index in [0.29, 0.717) is 0 Å². The van der Waals surface area contributed by atoms with E-state index in [4.69, 9.17) is 19.1 Å². The molecular formula is C34H28Cl2FeP2Pd-. The normalized spacial score (nSPS) is 10.2. The van der Waals surface area contributed by atoms with Gasteiger partial charge in [-0.3, -0.25) is 0 Å². The van der Waals surface area contributed by atoms with Gasteiger partial charge in [0.1, 0.15) is 0 Å². The minimum absolute atomic E-state index is 0. The molecule has 6 rings (SSSR count). The molecule has 0 bridgehead atoms. The van der Waals surface area contributed by atoms with Gasteiger partial charge in [0, 0.05) is 0 Å². The summed E-state index contributed by atoms with van der Waals surface area (Å²) in [5.74, 6) is 0. The van der Waals surface area contributed by atoms with Crippen molar-refractivity contribution < 1.29 is 33.0 Å². The SMILES string of the molecule is [Cl][Pd-][Cl].[Fe+2].c1ccc(P(c2ccccc2)c2cc[cH-]c2)cc1.c1ccc(P(c2ccccc2)c2cc[cH-]c2)cc1. The van der Waals surface area contributed by atoms with Gasteiger partial charge in [0.15, 0.2) is 0 Å². The van der Waals surface area contributed by atoms with E-state index in [1.807, 2.05) is 0 Å². The molecule has 0 fully saturated rings. The Morgan fingerprint density at radius 1 is 0.400 bits per heavy atom. The monoisotopic (exact) mass is 730 g/mol. The van der Waals surface area contributed by atoms with Crippen LogP contribution in [0.2, 0.25) is 0 Å². The fourth-order valence-corrected chi connectivity index (χ4v) is 8.84. The standard InChI is InChI=1S/2C17H14P.2ClH.Fe.Pd/c2*1-3-9-15(10-4-1)18(17-13-7-8-14-17)16-11-5-2-6-12-16;;;;/h2*1-14H;2*1H;;/q2*-1;;;+2;+1/p-2. The summed E-state index contributed by atoms with van der Waals surface area (Å²) < 4.78 is 0. The summed E-state index contributed by atoms with van der Waals surface area (Å²) in [6.07, 6.45) is 0. The molecule has 0 atom stereocenters. The van der Waals surface area contributed by atoms with Crippen LogP contribution < -0.4 is 31.8 Å². The molecular weight excluding hydrogens is 703 g/mol. The molecule has 6 heteroatoms. The van der Waals surface area contributed by atoms with Gasteiger partial charge in [-0.1, -0.05) is 137 Å². The van der Waals surface area contributed by atoms with Crippen molar-refractivity contribution in [1.29, 1.82) is 0 Å². The predicted octanol–water partition coefficient (Wildman–Crippen LogP) is 7.70. The Bertz CT molecular complexity index is 1240. The van der Waals surface area contributed by atoms with Gasteiger partial charge in [-0.05, 0) is 21.2 Å². The average molecular weight is 732 g/mol. The molecule has 0 radical (unpaired) electrons. The molecule has 0 heterocycles. The number of rotatable bonds is 6. The minimum Gasteiger partial charge on any atom is -0.206 e. The first-order chi connectivity index (χ1) is 19.3. The Balaban J connectivity index is 0.000000197. The van der Waals surface area contributed by atoms with Gasteiger partial charge in [-0.25, -0.2) is 12.1 Å². The summed E-state index contributed by atoms with van der Waals surface area (Å²) in [6, 6.07) is 60.5. The minimum atomic E-state index is -0.409. The first kappa shape index (κ1) is 32.7. The van der Waals surface area contributed by atoms with Crippen LogP contribution in [0, 0.1) is 0 Å². The summed E-state index contributed by atoms with van der Waals surface area (Å²) in [5.41, 5.74) is 0. The van der Waals surface area contributed by atoms with Gasteiger partial charge in [0.25, 0.3) is 0 Å². The molecule has 0 N–H and O–H groups in total. The first-order valence-electron chi connectivity index (χ1n) is 12.4. The van der Waals surface area contributed by atoms with Crippen molar-refractivity contribution in [3.8, 4) is 0 Å². The second kappa shape index (κ2) is 18.6. The maximum Gasteiger partial charge on any atom is 2.00 e. The molecule has 40 heavy (non-hydrogen) atoms. The summed E-state index contributed by atoms with van der Waals surface area (Å²) in [7, 11) is 8.81. The van der Waals surface area contributed by atoms with Gasteiger partial charge in [-0.15, -0.1) is 0 Å². The average Bonchev–Trinajstić information content (AvgIpc) is 3.72. The van der Waals surface area contributed by atoms with Crippen LogP contribution in [0.1, 0.15) is 0 Å². The second-order valence-electron chi connectivity index (χ2n) is 8.34. The molecule has 0 nitrogen and oxygen atoms in total. The van der Waals surface area contributed by atoms with Crippen molar-refractivity contribution in [2.45, 2.75) is 0 Å². The van der Waals surface area contributed by atoms with Crippen LogP contribution in [-0.4, -0.2) is 0 Å². The van der Waals surface area contributed by atoms with Crippen molar-refractivity contribution in [1.82, 2.24) is 0 Å². The summed E-state index contributed by atoms with van der Waals surface area (Å²) >= 11 is -0.106. The van der Waals surface area contributed by atoms with Crippen molar-refractivity contribution in [3.63, 3.8) is 0 Å². The van der Waals surface area contributed by atoms with E-state index in [1.54, 1.807) is 0 Å². The fourth-order valence-electron chi connectivity index (χ4n) is 4.23. The van der Waals surface area contributed by atoms with Crippen molar-refractivity contribution in [2.75, 3.05) is 0 Å². The Labute approximate surface area is 267 Å². The maximum absolute atomic E-state index is 4.81. The molecule has 0 aromatic heterocycles. The Morgan fingerprint density at radius 2 is 0.650 bits per heavy atom. The van der Waals surface area contributed by atoms with E-state index in [9.17, 15) is 0 Å². The molecule has 0 spiro atoms. The molecule has 0 aliphatic carbocycles. The number of hydrogen-bond acceptors (Lipinski definition) is 0. The number of hydrogen-bond donors (Lipinski definition) is 0. The van der Waals surface area contributed by atoms with Crippen LogP contribution in [0.15, 0.2) is 170 Å². The zero-order chi connectivity index (χ0) is 27.1. The quantitative estimate of drug-likeness (QED) is 0.0937. The van der Waals surface area contributed by atoms with Crippen LogP contribution in [0.4, 0.5) is 0 Å². The second-order valence-corrected chi connectivity index (χ2v) is 15.1. The van der Waals surface area contributed by atoms with Crippen LogP contribution in [0.3, 0.4) is 0 Å². The largest absolute Gasteiger partial charge is 2.00 e. The molecule has 0 amide bonds. The molecule has 6 aromatic carbocycles. The Kier molecular flexibility index (Phi) is 15.2. The van der Waals surface area contributed by atoms with Gasteiger partial charge < -0.3 is 0 Å². The Hall–Kier alpha value is -1.80. The third kappa shape index (κ3) is 9.64. The van der Waals surface area contributed by atoms with Crippen molar-refractivity contribution in [3.05, 3.63) is 170 Å². The summed E-state index contributed by atoms with van der Waals surface area (Å²) in [5, 5.41) is 8.47. The molecule has 207 valence electrons. The zero-order valence-corrected chi connectivity index (χ0v) is 27.4. The van der Waals surface area contributed by atoms with E-state index >= 15 is 0 Å². The predicted molar refractivity (Wildman–Crippen MR) is 173 cm³/mol. The third-order valence-electron chi connectivity index (χ3n) is 5.86. The zero-order valence-electron chi connectivity index (χ0n) is 21.5. The summed E-state index contributed by atoms with van der Waals surface area (Å²) in [6.45, 7) is 0. The van der Waals surface area contributed by atoms with Crippen LogP contribution in [-0.2, 0) is 33.0 Å². The van der Waals surface area contributed by atoms with Crippen LogP contribution in [0.5, 0.6) is 0 Å². The Morgan fingerprint density at radius 3 is 0.850 bits per heavy atom. The first-order valence-corrected chi connectivity index (χ1v) is 19.1. The number of benzene rings is 4. The van der Waals surface area contributed by atoms with Crippen LogP contribution in [0.25, 0.3) is 0 Å². The maximum atomic E-state index is 4.81. The van der Waals surface area contributed by atoms with Gasteiger partial charge >= 0.3 is 52.1 Å². The van der Waals surface area contributed by atoms with Gasteiger partial charge in [-0.2, -0.15) is 47.0 Å². The summed E-state index contributed by atoms with van der Waals surface area (Å²) in [4.78, 5) is 0. The van der Waals surface area contributed by atoms with E-state index in [-0.39, 0.29) is 33.0 Å². The van der Waals surface area contributed by atoms with E-state index < -0.39 is 15.8 Å². The van der Waals surface area contributed by atoms with E-state index in [2.05, 4.69) is 170 Å². The van der Waals surface area contributed by atoms with Gasteiger partial charge in [0.2, 0.25) is 0 Å². The molecule has 0 unspecified atom stereocenters. The topological polar surface area (TPSA) is 0 Å². The van der Waals surface area contributed by atoms with Crippen LogP contribution >= 0.6 is 34.9 Å². The van der Waals surface area contributed by atoms with Crippen molar-refractivity contribution in [2.24, 2.45) is 0 Å². The molecule has 0 aliphatic rings. The van der Waals surface area contributed by atoms with E-state index in [0.717, 1.165) is 0 Å². The molecule has 0 saturated heterocycles. The number of halogens is 2. The third-order valence-corrected chi connectivity index (χ3v) is 10.8. The molecule has 6 aromatic rings.